The van der Waals surface area contributed by atoms with Crippen molar-refractivity contribution in [3.05, 3.63) is 88.8 Å². The Morgan fingerprint density at radius 3 is 2.54 bits per heavy atom. The van der Waals surface area contributed by atoms with E-state index in [0.717, 1.165) is 15.8 Å². The maximum Gasteiger partial charge on any atom is 0.220 e. The summed E-state index contributed by atoms with van der Waals surface area (Å²) in [7, 11) is 0. The zero-order valence-corrected chi connectivity index (χ0v) is 15.8. The maximum atomic E-state index is 12.4. The molecule has 26 heavy (non-hydrogen) atoms. The van der Waals surface area contributed by atoms with Crippen molar-refractivity contribution in [3.8, 4) is 5.75 Å². The molecule has 0 saturated heterocycles. The van der Waals surface area contributed by atoms with E-state index in [0.29, 0.717) is 25.2 Å². The maximum absolute atomic E-state index is 12.4. The molecule has 0 aliphatic carbocycles. The molecule has 1 amide bonds. The normalized spacial score (nSPS) is 11.7. The number of amides is 1. The molecule has 0 aliphatic heterocycles. The van der Waals surface area contributed by atoms with E-state index >= 15 is 0 Å². The van der Waals surface area contributed by atoms with Crippen LogP contribution in [0.5, 0.6) is 5.75 Å². The highest BCUT2D eigenvalue weighted by atomic mass is 79.9. The molecular weight excluding hydrogens is 394 g/mol. The van der Waals surface area contributed by atoms with Gasteiger partial charge in [0.05, 0.1) is 17.3 Å². The van der Waals surface area contributed by atoms with Crippen LogP contribution in [0.25, 0.3) is 0 Å². The molecule has 0 bridgehead atoms. The van der Waals surface area contributed by atoms with Gasteiger partial charge in [-0.3, -0.25) is 4.79 Å². The number of carbonyl (C=O) groups is 1. The van der Waals surface area contributed by atoms with Crippen LogP contribution in [0.3, 0.4) is 0 Å². The summed E-state index contributed by atoms with van der Waals surface area (Å²) in [6.07, 6.45) is 2.63. The first-order valence-corrected chi connectivity index (χ1v) is 9.28. The summed E-state index contributed by atoms with van der Waals surface area (Å²) in [5, 5.41) is 3.05. The van der Waals surface area contributed by atoms with Crippen LogP contribution in [0.2, 0.25) is 0 Å². The van der Waals surface area contributed by atoms with Gasteiger partial charge in [-0.1, -0.05) is 42.5 Å². The Bertz CT molecular complexity index is 818. The van der Waals surface area contributed by atoms with Gasteiger partial charge in [-0.15, -0.1) is 0 Å². The lowest BCUT2D eigenvalue weighted by atomic mass is 10.0. The van der Waals surface area contributed by atoms with Gasteiger partial charge in [-0.25, -0.2) is 0 Å². The SMILES string of the molecule is O=C(CCCOc1ccccc1Br)NC(c1ccccc1)c1ccco1. The van der Waals surface area contributed by atoms with E-state index in [9.17, 15) is 4.79 Å². The molecule has 3 aromatic rings. The van der Waals surface area contributed by atoms with E-state index in [1.165, 1.54) is 0 Å². The number of hydrogen-bond acceptors (Lipinski definition) is 3. The lowest BCUT2D eigenvalue weighted by molar-refractivity contribution is -0.121. The third-order valence-corrected chi connectivity index (χ3v) is 4.56. The van der Waals surface area contributed by atoms with E-state index in [4.69, 9.17) is 9.15 Å². The molecule has 1 unspecified atom stereocenters. The van der Waals surface area contributed by atoms with Crippen LogP contribution in [0, 0.1) is 0 Å². The Labute approximate surface area is 161 Å². The molecule has 2 aromatic carbocycles. The van der Waals surface area contributed by atoms with Gasteiger partial charge < -0.3 is 14.5 Å². The van der Waals surface area contributed by atoms with Gasteiger partial charge in [0.2, 0.25) is 5.91 Å². The van der Waals surface area contributed by atoms with E-state index in [2.05, 4.69) is 21.2 Å². The number of furan rings is 1. The van der Waals surface area contributed by atoms with Crippen LogP contribution < -0.4 is 10.1 Å². The summed E-state index contributed by atoms with van der Waals surface area (Å²) >= 11 is 3.44. The summed E-state index contributed by atoms with van der Waals surface area (Å²) < 4.78 is 12.1. The lowest BCUT2D eigenvalue weighted by Gasteiger charge is -2.17. The van der Waals surface area contributed by atoms with Crippen LogP contribution in [-0.4, -0.2) is 12.5 Å². The van der Waals surface area contributed by atoms with Gasteiger partial charge in [0.1, 0.15) is 17.6 Å². The highest BCUT2D eigenvalue weighted by molar-refractivity contribution is 9.10. The monoisotopic (exact) mass is 413 g/mol. The van der Waals surface area contributed by atoms with Crippen molar-refractivity contribution >= 4 is 21.8 Å². The minimum absolute atomic E-state index is 0.0361. The van der Waals surface area contributed by atoms with E-state index in [-0.39, 0.29) is 11.9 Å². The number of rotatable bonds is 8. The third-order valence-electron chi connectivity index (χ3n) is 3.91. The van der Waals surface area contributed by atoms with E-state index in [1.54, 1.807) is 6.26 Å². The number of nitrogens with one attached hydrogen (secondary N) is 1. The van der Waals surface area contributed by atoms with Crippen LogP contribution in [0.1, 0.15) is 30.2 Å². The van der Waals surface area contributed by atoms with Crippen molar-refractivity contribution in [1.29, 1.82) is 0 Å². The average Bonchev–Trinajstić information content (AvgIpc) is 3.20. The number of carbonyl (C=O) groups excluding carboxylic acids is 1. The first-order valence-electron chi connectivity index (χ1n) is 8.49. The molecule has 0 fully saturated rings. The molecule has 1 aromatic heterocycles. The summed E-state index contributed by atoms with van der Waals surface area (Å²) in [4.78, 5) is 12.4. The molecule has 1 atom stereocenters. The number of ether oxygens (including phenoxy) is 1. The fraction of sp³-hybridized carbons (Fsp3) is 0.190. The van der Waals surface area contributed by atoms with Crippen molar-refractivity contribution in [2.45, 2.75) is 18.9 Å². The predicted molar refractivity (Wildman–Crippen MR) is 104 cm³/mol. The summed E-state index contributed by atoms with van der Waals surface area (Å²) in [6, 6.07) is 20.9. The highest BCUT2D eigenvalue weighted by Crippen LogP contribution is 2.24. The van der Waals surface area contributed by atoms with Gasteiger partial charge in [0.15, 0.2) is 0 Å². The second kappa shape index (κ2) is 9.25. The molecule has 0 saturated carbocycles. The topological polar surface area (TPSA) is 51.5 Å². The van der Waals surface area contributed by atoms with Crippen molar-refractivity contribution in [1.82, 2.24) is 5.32 Å². The lowest BCUT2D eigenvalue weighted by Crippen LogP contribution is -2.29. The summed E-state index contributed by atoms with van der Waals surface area (Å²) in [6.45, 7) is 0.479. The van der Waals surface area contributed by atoms with Gasteiger partial charge in [0, 0.05) is 6.42 Å². The van der Waals surface area contributed by atoms with Crippen LogP contribution in [0.15, 0.2) is 81.9 Å². The minimum atomic E-state index is -0.289. The molecule has 1 heterocycles. The molecule has 5 heteroatoms. The first kappa shape index (κ1) is 18.3. The van der Waals surface area contributed by atoms with Crippen molar-refractivity contribution in [3.63, 3.8) is 0 Å². The van der Waals surface area contributed by atoms with Gasteiger partial charge in [-0.2, -0.15) is 0 Å². The second-order valence-corrected chi connectivity index (χ2v) is 6.66. The quantitative estimate of drug-likeness (QED) is 0.522. The molecule has 3 rings (SSSR count). The van der Waals surface area contributed by atoms with E-state index in [1.807, 2.05) is 66.7 Å². The number of hydrogen-bond donors (Lipinski definition) is 1. The molecule has 0 radical (unpaired) electrons. The Hall–Kier alpha value is -2.53. The molecule has 4 nitrogen and oxygen atoms in total. The Kier molecular flexibility index (Phi) is 6.50. The van der Waals surface area contributed by atoms with Crippen LogP contribution in [0.4, 0.5) is 0 Å². The smallest absolute Gasteiger partial charge is 0.220 e. The zero-order valence-electron chi connectivity index (χ0n) is 14.2. The zero-order chi connectivity index (χ0) is 18.2. The number of halogens is 1. The third kappa shape index (κ3) is 4.99. The first-order chi connectivity index (χ1) is 12.7. The van der Waals surface area contributed by atoms with Crippen LogP contribution >= 0.6 is 15.9 Å². The van der Waals surface area contributed by atoms with Gasteiger partial charge >= 0.3 is 0 Å². The molecule has 0 spiro atoms. The van der Waals surface area contributed by atoms with Gasteiger partial charge in [0.25, 0.3) is 0 Å². The Balaban J connectivity index is 1.53. The summed E-state index contributed by atoms with van der Waals surface area (Å²) in [5.74, 6) is 1.46. The van der Waals surface area contributed by atoms with Crippen molar-refractivity contribution < 1.29 is 13.9 Å². The average molecular weight is 414 g/mol. The second-order valence-electron chi connectivity index (χ2n) is 5.81. The molecule has 1 N–H and O–H groups in total. The minimum Gasteiger partial charge on any atom is -0.492 e. The predicted octanol–water partition coefficient (Wildman–Crippen LogP) is 5.11. The van der Waals surface area contributed by atoms with Gasteiger partial charge in [-0.05, 0) is 52.2 Å². The fourth-order valence-electron chi connectivity index (χ4n) is 2.63. The van der Waals surface area contributed by atoms with Crippen molar-refractivity contribution in [2.75, 3.05) is 6.61 Å². The largest absolute Gasteiger partial charge is 0.492 e. The molecule has 134 valence electrons. The van der Waals surface area contributed by atoms with Crippen LogP contribution in [-0.2, 0) is 4.79 Å². The standard InChI is InChI=1S/C21H20BrNO3/c22-17-10-4-5-11-18(17)25-15-7-13-20(24)23-21(19-12-6-14-26-19)16-8-2-1-3-9-16/h1-6,8-12,14,21H,7,13,15H2,(H,23,24). The molecule has 0 aliphatic rings. The molecular formula is C21H20BrNO3. The number of para-hydroxylation sites is 1. The van der Waals surface area contributed by atoms with E-state index < -0.39 is 0 Å². The highest BCUT2D eigenvalue weighted by Gasteiger charge is 2.18. The Morgan fingerprint density at radius 1 is 1.04 bits per heavy atom. The Morgan fingerprint density at radius 2 is 1.81 bits per heavy atom. The summed E-state index contributed by atoms with van der Waals surface area (Å²) in [5.41, 5.74) is 0.986. The number of benzene rings is 2. The fourth-order valence-corrected chi connectivity index (χ4v) is 3.03. The van der Waals surface area contributed by atoms with Crippen molar-refractivity contribution in [2.24, 2.45) is 0 Å².